The van der Waals surface area contributed by atoms with Crippen molar-refractivity contribution in [1.29, 1.82) is 0 Å². The predicted molar refractivity (Wildman–Crippen MR) is 73.3 cm³/mol. The summed E-state index contributed by atoms with van der Waals surface area (Å²) in [6, 6.07) is 1.67. The summed E-state index contributed by atoms with van der Waals surface area (Å²) in [5.74, 6) is -2.86. The zero-order valence-corrected chi connectivity index (χ0v) is 11.9. The molecule has 1 aromatic rings. The number of rotatable bonds is 4. The molecule has 1 aliphatic carbocycles. The molecule has 2 aliphatic rings. The van der Waals surface area contributed by atoms with E-state index in [0.29, 0.717) is 31.6 Å². The highest BCUT2D eigenvalue weighted by atomic mass is 19.3. The van der Waals surface area contributed by atoms with Crippen molar-refractivity contribution in [1.82, 2.24) is 9.80 Å². The van der Waals surface area contributed by atoms with Gasteiger partial charge in [0.05, 0.1) is 11.8 Å². The average molecular weight is 298 g/mol. The van der Waals surface area contributed by atoms with Crippen LogP contribution in [0.5, 0.6) is 0 Å². The number of nitrogens with zero attached hydrogens (tertiary/aromatic N) is 2. The molecule has 4 nitrogen and oxygen atoms in total. The molecule has 0 N–H and O–H groups in total. The van der Waals surface area contributed by atoms with Gasteiger partial charge in [-0.25, -0.2) is 8.78 Å². The van der Waals surface area contributed by atoms with E-state index in [4.69, 9.17) is 4.42 Å². The van der Waals surface area contributed by atoms with Crippen LogP contribution in [0.25, 0.3) is 0 Å². The van der Waals surface area contributed by atoms with E-state index in [1.807, 2.05) is 4.90 Å². The van der Waals surface area contributed by atoms with Crippen molar-refractivity contribution in [2.75, 3.05) is 32.7 Å². The second-order valence-electron chi connectivity index (χ2n) is 5.95. The summed E-state index contributed by atoms with van der Waals surface area (Å²) in [7, 11) is 0. The van der Waals surface area contributed by atoms with Gasteiger partial charge in [-0.15, -0.1) is 0 Å². The van der Waals surface area contributed by atoms with Crippen LogP contribution in [0, 0.1) is 5.92 Å². The number of alkyl halides is 2. The molecule has 2 heterocycles. The van der Waals surface area contributed by atoms with Gasteiger partial charge >= 0.3 is 0 Å². The largest absolute Gasteiger partial charge is 0.472 e. The van der Waals surface area contributed by atoms with Crippen LogP contribution in [0.1, 0.15) is 29.6 Å². The molecule has 0 aromatic carbocycles. The van der Waals surface area contributed by atoms with Crippen LogP contribution in [0.3, 0.4) is 0 Å². The molecular formula is C15H20F2N2O2. The minimum Gasteiger partial charge on any atom is -0.472 e. The third kappa shape index (κ3) is 3.43. The van der Waals surface area contributed by atoms with Crippen LogP contribution in [0.15, 0.2) is 23.0 Å². The first-order valence-corrected chi connectivity index (χ1v) is 7.48. The van der Waals surface area contributed by atoms with Crippen molar-refractivity contribution in [2.45, 2.75) is 25.2 Å². The molecule has 6 heteroatoms. The van der Waals surface area contributed by atoms with Gasteiger partial charge in [-0.2, -0.15) is 0 Å². The predicted octanol–water partition coefficient (Wildman–Crippen LogP) is 2.47. The van der Waals surface area contributed by atoms with Gasteiger partial charge in [0.1, 0.15) is 6.26 Å². The van der Waals surface area contributed by atoms with E-state index in [-0.39, 0.29) is 12.3 Å². The minimum atomic E-state index is -2.42. The van der Waals surface area contributed by atoms with Crippen LogP contribution in [-0.4, -0.2) is 54.4 Å². The van der Waals surface area contributed by atoms with Crippen LogP contribution in [0.2, 0.25) is 0 Å². The number of carbonyl (C=O) groups is 1. The Morgan fingerprint density at radius 2 is 2.14 bits per heavy atom. The lowest BCUT2D eigenvalue weighted by Crippen LogP contribution is -2.35. The molecule has 1 amide bonds. The van der Waals surface area contributed by atoms with E-state index in [1.54, 1.807) is 6.07 Å². The summed E-state index contributed by atoms with van der Waals surface area (Å²) in [6.07, 6.45) is 4.44. The quantitative estimate of drug-likeness (QED) is 0.857. The molecular weight excluding hydrogens is 278 g/mol. The van der Waals surface area contributed by atoms with Gasteiger partial charge in [0.25, 0.3) is 11.8 Å². The lowest BCUT2D eigenvalue weighted by atomic mass is 10.2. The Morgan fingerprint density at radius 3 is 2.81 bits per heavy atom. The molecule has 1 aliphatic heterocycles. The highest BCUT2D eigenvalue weighted by molar-refractivity contribution is 5.93. The molecule has 2 fully saturated rings. The van der Waals surface area contributed by atoms with Crippen LogP contribution >= 0.6 is 0 Å². The van der Waals surface area contributed by atoms with E-state index in [9.17, 15) is 13.6 Å². The molecule has 0 bridgehead atoms. The zero-order chi connectivity index (χ0) is 14.9. The number of halogens is 2. The van der Waals surface area contributed by atoms with E-state index in [2.05, 4.69) is 4.90 Å². The normalized spacial score (nSPS) is 25.6. The Bertz CT molecular complexity index is 490. The average Bonchev–Trinajstić information content (AvgIpc) is 2.84. The zero-order valence-electron chi connectivity index (χ0n) is 11.9. The maximum atomic E-state index is 12.9. The standard InChI is InChI=1S/C15H20F2N2O2/c16-15(17)10-13(15)2-6-18-4-1-5-19(8-7-18)14(20)12-3-9-21-11-12/h3,9,11,13H,1-2,4-8,10H2/t13-/m0/s1. The second kappa shape index (κ2) is 5.75. The smallest absolute Gasteiger partial charge is 0.257 e. The van der Waals surface area contributed by atoms with Crippen LogP contribution in [0.4, 0.5) is 8.78 Å². The first kappa shape index (κ1) is 14.5. The maximum absolute atomic E-state index is 12.9. The summed E-state index contributed by atoms with van der Waals surface area (Å²) in [5.41, 5.74) is 0.570. The summed E-state index contributed by atoms with van der Waals surface area (Å²) in [4.78, 5) is 16.2. The topological polar surface area (TPSA) is 36.7 Å². The van der Waals surface area contributed by atoms with Gasteiger partial charge in [0.2, 0.25) is 0 Å². The fourth-order valence-corrected chi connectivity index (χ4v) is 2.89. The van der Waals surface area contributed by atoms with E-state index < -0.39 is 11.8 Å². The van der Waals surface area contributed by atoms with Crippen LogP contribution < -0.4 is 0 Å². The summed E-state index contributed by atoms with van der Waals surface area (Å²) >= 11 is 0. The molecule has 3 rings (SSSR count). The second-order valence-corrected chi connectivity index (χ2v) is 5.95. The highest BCUT2D eigenvalue weighted by Crippen LogP contribution is 2.50. The van der Waals surface area contributed by atoms with Gasteiger partial charge in [0.15, 0.2) is 0 Å². The highest BCUT2D eigenvalue weighted by Gasteiger charge is 2.56. The molecule has 0 unspecified atom stereocenters. The number of amides is 1. The number of furan rings is 1. The fraction of sp³-hybridized carbons (Fsp3) is 0.667. The minimum absolute atomic E-state index is 0.0145. The Balaban J connectivity index is 1.47. The molecule has 1 saturated carbocycles. The monoisotopic (exact) mass is 298 g/mol. The number of hydrogen-bond acceptors (Lipinski definition) is 3. The fourth-order valence-electron chi connectivity index (χ4n) is 2.89. The van der Waals surface area contributed by atoms with E-state index in [1.165, 1.54) is 12.5 Å². The molecule has 0 spiro atoms. The molecule has 1 atom stereocenters. The first-order chi connectivity index (χ1) is 10.1. The Morgan fingerprint density at radius 1 is 1.33 bits per heavy atom. The molecule has 1 saturated heterocycles. The third-order valence-electron chi connectivity index (χ3n) is 4.39. The lowest BCUT2D eigenvalue weighted by Gasteiger charge is -2.21. The molecule has 116 valence electrons. The summed E-state index contributed by atoms with van der Waals surface area (Å²) in [6.45, 7) is 3.68. The van der Waals surface area contributed by atoms with Gasteiger partial charge < -0.3 is 14.2 Å². The van der Waals surface area contributed by atoms with Crippen molar-refractivity contribution >= 4 is 5.91 Å². The summed E-state index contributed by atoms with van der Waals surface area (Å²) < 4.78 is 30.7. The lowest BCUT2D eigenvalue weighted by molar-refractivity contribution is 0.0760. The van der Waals surface area contributed by atoms with E-state index in [0.717, 1.165) is 19.5 Å². The Hall–Kier alpha value is -1.43. The van der Waals surface area contributed by atoms with Crippen molar-refractivity contribution in [2.24, 2.45) is 5.92 Å². The Labute approximate surface area is 122 Å². The molecule has 1 aromatic heterocycles. The van der Waals surface area contributed by atoms with Crippen molar-refractivity contribution in [3.63, 3.8) is 0 Å². The Kier molecular flexibility index (Phi) is 3.97. The van der Waals surface area contributed by atoms with Gasteiger partial charge in [-0.1, -0.05) is 0 Å². The summed E-state index contributed by atoms with van der Waals surface area (Å²) in [5, 5.41) is 0. The van der Waals surface area contributed by atoms with Gasteiger partial charge in [-0.3, -0.25) is 4.79 Å². The van der Waals surface area contributed by atoms with Crippen molar-refractivity contribution in [3.05, 3.63) is 24.2 Å². The SMILES string of the molecule is O=C(c1ccoc1)N1CCCN(CC[C@H]2CC2(F)F)CC1. The van der Waals surface area contributed by atoms with Crippen molar-refractivity contribution in [3.8, 4) is 0 Å². The number of carbonyl (C=O) groups excluding carboxylic acids is 1. The number of hydrogen-bond donors (Lipinski definition) is 0. The maximum Gasteiger partial charge on any atom is 0.257 e. The molecule has 0 radical (unpaired) electrons. The van der Waals surface area contributed by atoms with Crippen molar-refractivity contribution < 1.29 is 18.0 Å². The van der Waals surface area contributed by atoms with E-state index >= 15 is 0 Å². The molecule has 21 heavy (non-hydrogen) atoms. The van der Waals surface area contributed by atoms with Gasteiger partial charge in [0, 0.05) is 32.0 Å². The van der Waals surface area contributed by atoms with Gasteiger partial charge in [-0.05, 0) is 32.0 Å². The van der Waals surface area contributed by atoms with Crippen LogP contribution in [-0.2, 0) is 0 Å². The third-order valence-corrected chi connectivity index (χ3v) is 4.39. The first-order valence-electron chi connectivity index (χ1n) is 7.48.